The van der Waals surface area contributed by atoms with E-state index in [0.717, 1.165) is 19.4 Å². The fourth-order valence-corrected chi connectivity index (χ4v) is 2.31. The highest BCUT2D eigenvalue weighted by Gasteiger charge is 2.19. The number of carbonyl (C=O) groups is 1. The summed E-state index contributed by atoms with van der Waals surface area (Å²) in [6, 6.07) is 3.26. The molecule has 0 bridgehead atoms. The normalized spacial score (nSPS) is 19.5. The van der Waals surface area contributed by atoms with Crippen LogP contribution in [0.1, 0.15) is 23.2 Å². The fraction of sp³-hybridized carbons (Fsp3) is 0.417. The number of nitrogens with one attached hydrogen (secondary N) is 1. The van der Waals surface area contributed by atoms with E-state index in [1.807, 2.05) is 0 Å². The minimum absolute atomic E-state index is 0.137. The van der Waals surface area contributed by atoms with Gasteiger partial charge in [-0.15, -0.1) is 0 Å². The summed E-state index contributed by atoms with van der Waals surface area (Å²) in [7, 11) is 0. The van der Waals surface area contributed by atoms with Gasteiger partial charge in [-0.2, -0.15) is 0 Å². The molecule has 1 aromatic rings. The second kappa shape index (κ2) is 5.46. The van der Waals surface area contributed by atoms with Crippen molar-refractivity contribution in [3.63, 3.8) is 0 Å². The molecule has 98 valence electrons. The lowest BCUT2D eigenvalue weighted by molar-refractivity contribution is 0.0874. The summed E-state index contributed by atoms with van der Waals surface area (Å²) in [4.78, 5) is 11.4. The molecule has 1 atom stereocenters. The molecule has 1 unspecified atom stereocenters. The Kier molecular flexibility index (Phi) is 3.93. The van der Waals surface area contributed by atoms with Gasteiger partial charge in [-0.05, 0) is 25.0 Å². The van der Waals surface area contributed by atoms with Crippen molar-refractivity contribution < 1.29 is 9.53 Å². The number of halogens is 1. The van der Waals surface area contributed by atoms with Crippen LogP contribution in [-0.4, -0.2) is 25.2 Å². The summed E-state index contributed by atoms with van der Waals surface area (Å²) in [5.74, 6) is -0.552. The van der Waals surface area contributed by atoms with Gasteiger partial charge in [-0.1, -0.05) is 11.6 Å². The Morgan fingerprint density at radius 2 is 2.28 bits per heavy atom. The highest BCUT2D eigenvalue weighted by atomic mass is 35.5. The summed E-state index contributed by atoms with van der Waals surface area (Å²) in [6.07, 6.45) is 1.95. The Labute approximate surface area is 110 Å². The van der Waals surface area contributed by atoms with Crippen LogP contribution in [0.2, 0.25) is 5.02 Å². The lowest BCUT2D eigenvalue weighted by Gasteiger charge is -2.25. The van der Waals surface area contributed by atoms with Crippen molar-refractivity contribution in [2.24, 2.45) is 5.73 Å². The molecule has 1 aliphatic heterocycles. The summed E-state index contributed by atoms with van der Waals surface area (Å²) >= 11 is 6.11. The summed E-state index contributed by atoms with van der Waals surface area (Å²) in [6.45, 7) is 1.37. The zero-order chi connectivity index (χ0) is 13.1. The van der Waals surface area contributed by atoms with Gasteiger partial charge >= 0.3 is 0 Å². The van der Waals surface area contributed by atoms with E-state index in [-0.39, 0.29) is 6.04 Å². The van der Waals surface area contributed by atoms with Gasteiger partial charge < -0.3 is 21.5 Å². The maximum absolute atomic E-state index is 11.4. The number of rotatable bonds is 3. The molecule has 5 N–H and O–H groups in total. The highest BCUT2D eigenvalue weighted by molar-refractivity contribution is 6.34. The Bertz CT molecular complexity index is 459. The highest BCUT2D eigenvalue weighted by Crippen LogP contribution is 2.30. The summed E-state index contributed by atoms with van der Waals surface area (Å²) in [5.41, 5.74) is 12.3. The molecular formula is C12H16ClN3O2. The molecule has 0 aromatic heterocycles. The van der Waals surface area contributed by atoms with Crippen molar-refractivity contribution in [2.45, 2.75) is 18.9 Å². The smallest absolute Gasteiger partial charge is 0.250 e. The number of hydrogen-bond donors (Lipinski definition) is 3. The van der Waals surface area contributed by atoms with E-state index in [4.69, 9.17) is 27.8 Å². The van der Waals surface area contributed by atoms with Crippen molar-refractivity contribution >= 4 is 28.9 Å². The molecule has 2 rings (SSSR count). The molecular weight excluding hydrogens is 254 g/mol. The van der Waals surface area contributed by atoms with Gasteiger partial charge in [0.15, 0.2) is 0 Å². The number of benzene rings is 1. The van der Waals surface area contributed by atoms with Crippen molar-refractivity contribution in [2.75, 3.05) is 24.3 Å². The quantitative estimate of drug-likeness (QED) is 0.727. The average Bonchev–Trinajstić information content (AvgIpc) is 2.33. The fourth-order valence-electron chi connectivity index (χ4n) is 2.03. The van der Waals surface area contributed by atoms with E-state index < -0.39 is 5.91 Å². The van der Waals surface area contributed by atoms with E-state index in [0.29, 0.717) is 28.6 Å². The van der Waals surface area contributed by atoms with Crippen molar-refractivity contribution in [3.05, 3.63) is 22.7 Å². The minimum Gasteiger partial charge on any atom is -0.399 e. The first kappa shape index (κ1) is 13.0. The molecule has 0 saturated carbocycles. The van der Waals surface area contributed by atoms with Crippen LogP contribution in [0.4, 0.5) is 11.4 Å². The predicted molar refractivity (Wildman–Crippen MR) is 71.8 cm³/mol. The first-order chi connectivity index (χ1) is 8.58. The largest absolute Gasteiger partial charge is 0.399 e. The molecule has 6 heteroatoms. The molecule has 5 nitrogen and oxygen atoms in total. The van der Waals surface area contributed by atoms with Crippen LogP contribution in [0.5, 0.6) is 0 Å². The topological polar surface area (TPSA) is 90.4 Å². The van der Waals surface area contributed by atoms with Crippen LogP contribution >= 0.6 is 11.6 Å². The number of nitrogens with two attached hydrogens (primary N) is 2. The predicted octanol–water partition coefficient (Wildman–Crippen LogP) is 1.61. The SMILES string of the molecule is NC(=O)c1cc(N)cc(Cl)c1NC1CCCOC1. The second-order valence-corrected chi connectivity index (χ2v) is 4.76. The van der Waals surface area contributed by atoms with E-state index in [2.05, 4.69) is 5.32 Å². The first-order valence-electron chi connectivity index (χ1n) is 5.81. The molecule has 1 aliphatic rings. The van der Waals surface area contributed by atoms with Gasteiger partial charge in [-0.25, -0.2) is 0 Å². The zero-order valence-electron chi connectivity index (χ0n) is 9.91. The average molecular weight is 270 g/mol. The number of carbonyl (C=O) groups excluding carboxylic acids is 1. The molecule has 1 aromatic carbocycles. The van der Waals surface area contributed by atoms with Gasteiger partial charge in [0.05, 0.1) is 22.9 Å². The Morgan fingerprint density at radius 3 is 2.89 bits per heavy atom. The molecule has 1 fully saturated rings. The zero-order valence-corrected chi connectivity index (χ0v) is 10.7. The summed E-state index contributed by atoms with van der Waals surface area (Å²) in [5, 5.41) is 3.61. The van der Waals surface area contributed by atoms with Gasteiger partial charge in [0, 0.05) is 18.3 Å². The van der Waals surface area contributed by atoms with Crippen molar-refractivity contribution in [1.29, 1.82) is 0 Å². The molecule has 0 aliphatic carbocycles. The molecule has 1 heterocycles. The number of nitrogen functional groups attached to an aromatic ring is 1. The number of primary amides is 1. The first-order valence-corrected chi connectivity index (χ1v) is 6.19. The number of anilines is 2. The van der Waals surface area contributed by atoms with Crippen LogP contribution in [0.3, 0.4) is 0 Å². The van der Waals surface area contributed by atoms with Crippen molar-refractivity contribution in [3.8, 4) is 0 Å². The third-order valence-electron chi connectivity index (χ3n) is 2.89. The van der Waals surface area contributed by atoms with Crippen LogP contribution in [0, 0.1) is 0 Å². The monoisotopic (exact) mass is 269 g/mol. The van der Waals surface area contributed by atoms with E-state index >= 15 is 0 Å². The van der Waals surface area contributed by atoms with Gasteiger partial charge in [0.1, 0.15) is 0 Å². The Morgan fingerprint density at radius 1 is 1.50 bits per heavy atom. The lowest BCUT2D eigenvalue weighted by Crippen LogP contribution is -2.31. The second-order valence-electron chi connectivity index (χ2n) is 4.35. The molecule has 0 radical (unpaired) electrons. The molecule has 0 spiro atoms. The number of amides is 1. The van der Waals surface area contributed by atoms with Crippen LogP contribution < -0.4 is 16.8 Å². The molecule has 18 heavy (non-hydrogen) atoms. The number of hydrogen-bond acceptors (Lipinski definition) is 4. The van der Waals surface area contributed by atoms with E-state index in [1.54, 1.807) is 6.07 Å². The van der Waals surface area contributed by atoms with Crippen LogP contribution in [-0.2, 0) is 4.74 Å². The third kappa shape index (κ3) is 2.86. The molecule has 1 saturated heterocycles. The van der Waals surface area contributed by atoms with Crippen LogP contribution in [0.15, 0.2) is 12.1 Å². The molecule has 1 amide bonds. The summed E-state index contributed by atoms with van der Waals surface area (Å²) < 4.78 is 5.37. The van der Waals surface area contributed by atoms with Gasteiger partial charge in [-0.3, -0.25) is 4.79 Å². The third-order valence-corrected chi connectivity index (χ3v) is 3.18. The van der Waals surface area contributed by atoms with E-state index in [9.17, 15) is 4.79 Å². The van der Waals surface area contributed by atoms with Gasteiger partial charge in [0.25, 0.3) is 5.91 Å². The maximum atomic E-state index is 11.4. The maximum Gasteiger partial charge on any atom is 0.250 e. The Balaban J connectivity index is 2.27. The lowest BCUT2D eigenvalue weighted by atomic mass is 10.1. The minimum atomic E-state index is -0.552. The number of ether oxygens (including phenoxy) is 1. The Hall–Kier alpha value is -1.46. The standard InChI is InChI=1S/C12H16ClN3O2/c13-10-5-7(14)4-9(12(15)17)11(10)16-8-2-1-3-18-6-8/h4-5,8,16H,1-3,6,14H2,(H2,15,17). The van der Waals surface area contributed by atoms with Gasteiger partial charge in [0.2, 0.25) is 0 Å². The van der Waals surface area contributed by atoms with E-state index in [1.165, 1.54) is 6.07 Å². The van der Waals surface area contributed by atoms with Crippen molar-refractivity contribution in [1.82, 2.24) is 0 Å². The van der Waals surface area contributed by atoms with Crippen LogP contribution in [0.25, 0.3) is 0 Å².